The lowest BCUT2D eigenvalue weighted by atomic mass is 10.1. The van der Waals surface area contributed by atoms with Crippen molar-refractivity contribution in [3.8, 4) is 0 Å². The number of hydrogen-bond donors (Lipinski definition) is 1. The summed E-state index contributed by atoms with van der Waals surface area (Å²) < 4.78 is 14.4. The molecular weight excluding hydrogens is 223 g/mol. The zero-order chi connectivity index (χ0) is 12.3. The first-order valence-electron chi connectivity index (χ1n) is 5.37. The fraction of sp³-hybridized carbons (Fsp3) is 0.364. The van der Waals surface area contributed by atoms with Gasteiger partial charge in [-0.25, -0.2) is 9.37 Å². The normalized spacial score (nSPS) is 12.6. The Morgan fingerprint density at radius 2 is 2.24 bits per heavy atom. The summed E-state index contributed by atoms with van der Waals surface area (Å²) >= 11 is 0. The summed E-state index contributed by atoms with van der Waals surface area (Å²) in [5.74, 6) is 0.267. The van der Waals surface area contributed by atoms with Gasteiger partial charge in [-0.15, -0.1) is 0 Å². The van der Waals surface area contributed by atoms with E-state index in [4.69, 9.17) is 0 Å². The number of halogens is 1. The van der Waals surface area contributed by atoms with Gasteiger partial charge in [-0.2, -0.15) is 5.10 Å². The molecule has 2 aromatic rings. The van der Waals surface area contributed by atoms with Gasteiger partial charge in [0.25, 0.3) is 0 Å². The molecule has 0 aliphatic rings. The fourth-order valence-corrected chi connectivity index (χ4v) is 1.57. The van der Waals surface area contributed by atoms with Gasteiger partial charge in [-0.05, 0) is 19.1 Å². The van der Waals surface area contributed by atoms with Crippen molar-refractivity contribution in [2.45, 2.75) is 26.0 Å². The molecule has 0 bridgehead atoms. The van der Waals surface area contributed by atoms with Crippen molar-refractivity contribution in [2.24, 2.45) is 0 Å². The summed E-state index contributed by atoms with van der Waals surface area (Å²) in [5, 5.41) is 13.9. The summed E-state index contributed by atoms with van der Waals surface area (Å²) in [7, 11) is 0. The van der Waals surface area contributed by atoms with Crippen LogP contribution < -0.4 is 0 Å². The lowest BCUT2D eigenvalue weighted by Gasteiger charge is -2.09. The molecule has 2 aromatic heterocycles. The molecule has 6 heteroatoms. The highest BCUT2D eigenvalue weighted by Crippen LogP contribution is 2.14. The van der Waals surface area contributed by atoms with Crippen LogP contribution in [0.5, 0.6) is 0 Å². The molecule has 0 amide bonds. The number of aliphatic hydroxyl groups excluding tert-OH is 1. The predicted octanol–water partition coefficient (Wildman–Crippen LogP) is 1.11. The summed E-state index contributed by atoms with van der Waals surface area (Å²) in [5.41, 5.74) is 0.428. The number of rotatable bonds is 4. The third kappa shape index (κ3) is 2.65. The van der Waals surface area contributed by atoms with Crippen LogP contribution in [-0.2, 0) is 13.0 Å². The van der Waals surface area contributed by atoms with Gasteiger partial charge >= 0.3 is 0 Å². The van der Waals surface area contributed by atoms with Crippen molar-refractivity contribution >= 4 is 0 Å². The van der Waals surface area contributed by atoms with Gasteiger partial charge in [0, 0.05) is 13.0 Å². The second-order valence-electron chi connectivity index (χ2n) is 3.61. The molecule has 1 atom stereocenters. The van der Waals surface area contributed by atoms with Crippen molar-refractivity contribution in [1.29, 1.82) is 0 Å². The summed E-state index contributed by atoms with van der Waals surface area (Å²) in [6.07, 6.45) is 2.05. The maximum atomic E-state index is 12.7. The van der Waals surface area contributed by atoms with Crippen LogP contribution in [0.4, 0.5) is 4.39 Å². The van der Waals surface area contributed by atoms with Crippen LogP contribution in [0.15, 0.2) is 24.7 Å². The van der Waals surface area contributed by atoms with Gasteiger partial charge in [0.15, 0.2) is 0 Å². The van der Waals surface area contributed by atoms with Crippen molar-refractivity contribution in [1.82, 2.24) is 19.7 Å². The Hall–Kier alpha value is -1.82. The van der Waals surface area contributed by atoms with E-state index in [-0.39, 0.29) is 0 Å². The molecule has 0 radical (unpaired) electrons. The number of pyridine rings is 1. The first-order chi connectivity index (χ1) is 8.20. The van der Waals surface area contributed by atoms with E-state index in [9.17, 15) is 9.50 Å². The van der Waals surface area contributed by atoms with E-state index in [2.05, 4.69) is 15.1 Å². The fourth-order valence-electron chi connectivity index (χ4n) is 1.57. The topological polar surface area (TPSA) is 63.8 Å². The van der Waals surface area contributed by atoms with Gasteiger partial charge in [0.1, 0.15) is 24.1 Å². The van der Waals surface area contributed by atoms with Crippen LogP contribution in [0.25, 0.3) is 0 Å². The Bertz CT molecular complexity index is 482. The van der Waals surface area contributed by atoms with Crippen molar-refractivity contribution in [3.05, 3.63) is 42.0 Å². The zero-order valence-electron chi connectivity index (χ0n) is 9.41. The molecule has 0 aliphatic heterocycles. The number of nitrogens with zero attached hydrogens (tertiary/aromatic N) is 4. The first-order valence-corrected chi connectivity index (χ1v) is 5.37. The van der Waals surface area contributed by atoms with E-state index >= 15 is 0 Å². The summed E-state index contributed by atoms with van der Waals surface area (Å²) in [6, 6.07) is 2.74. The molecule has 0 saturated heterocycles. The molecule has 2 rings (SSSR count). The van der Waals surface area contributed by atoms with Gasteiger partial charge in [0.2, 0.25) is 0 Å². The van der Waals surface area contributed by atoms with E-state index in [1.165, 1.54) is 18.5 Å². The SMILES string of the molecule is CCn1ncnc1CC(O)c1ccc(F)cn1. The average Bonchev–Trinajstić information content (AvgIpc) is 2.77. The van der Waals surface area contributed by atoms with Crippen LogP contribution >= 0.6 is 0 Å². The Morgan fingerprint density at radius 1 is 1.41 bits per heavy atom. The third-order valence-corrected chi connectivity index (χ3v) is 2.46. The number of hydrogen-bond acceptors (Lipinski definition) is 4. The number of aryl methyl sites for hydroxylation is 1. The van der Waals surface area contributed by atoms with Crippen LogP contribution in [0, 0.1) is 5.82 Å². The van der Waals surface area contributed by atoms with Crippen molar-refractivity contribution in [3.63, 3.8) is 0 Å². The summed E-state index contributed by atoms with van der Waals surface area (Å²) in [6.45, 7) is 2.64. The minimum Gasteiger partial charge on any atom is -0.386 e. The third-order valence-electron chi connectivity index (χ3n) is 2.46. The quantitative estimate of drug-likeness (QED) is 0.863. The van der Waals surface area contributed by atoms with Crippen LogP contribution in [0.3, 0.4) is 0 Å². The van der Waals surface area contributed by atoms with E-state index in [0.717, 1.165) is 6.20 Å². The second-order valence-corrected chi connectivity index (χ2v) is 3.61. The molecule has 0 spiro atoms. The molecule has 5 nitrogen and oxygen atoms in total. The smallest absolute Gasteiger partial charge is 0.141 e. The Labute approximate surface area is 98.0 Å². The van der Waals surface area contributed by atoms with Crippen molar-refractivity contribution in [2.75, 3.05) is 0 Å². The maximum absolute atomic E-state index is 12.7. The highest BCUT2D eigenvalue weighted by atomic mass is 19.1. The Morgan fingerprint density at radius 3 is 2.88 bits per heavy atom. The molecule has 1 unspecified atom stereocenters. The lowest BCUT2D eigenvalue weighted by molar-refractivity contribution is 0.169. The minimum absolute atomic E-state index is 0.312. The highest BCUT2D eigenvalue weighted by molar-refractivity contribution is 5.09. The average molecular weight is 236 g/mol. The zero-order valence-corrected chi connectivity index (χ0v) is 9.41. The second kappa shape index (κ2) is 5.01. The van der Waals surface area contributed by atoms with Gasteiger partial charge in [-0.1, -0.05) is 0 Å². The van der Waals surface area contributed by atoms with Gasteiger partial charge in [-0.3, -0.25) is 9.67 Å². The largest absolute Gasteiger partial charge is 0.386 e. The lowest BCUT2D eigenvalue weighted by Crippen LogP contribution is -2.10. The number of aliphatic hydroxyl groups is 1. The molecule has 2 heterocycles. The monoisotopic (exact) mass is 236 g/mol. The standard InChI is InChI=1S/C11H13FN4O/c1-2-16-11(14-7-15-16)5-10(17)9-4-3-8(12)6-13-9/h3-4,6-7,10,17H,2,5H2,1H3. The molecule has 90 valence electrons. The minimum atomic E-state index is -0.801. The van der Waals surface area contributed by atoms with Gasteiger partial charge < -0.3 is 5.11 Å². The highest BCUT2D eigenvalue weighted by Gasteiger charge is 2.13. The molecule has 1 N–H and O–H groups in total. The summed E-state index contributed by atoms with van der Waals surface area (Å²) in [4.78, 5) is 7.89. The van der Waals surface area contributed by atoms with Crippen LogP contribution in [0.2, 0.25) is 0 Å². The van der Waals surface area contributed by atoms with Crippen molar-refractivity contribution < 1.29 is 9.50 Å². The molecule has 17 heavy (non-hydrogen) atoms. The maximum Gasteiger partial charge on any atom is 0.141 e. The van der Waals surface area contributed by atoms with Crippen LogP contribution in [0.1, 0.15) is 24.5 Å². The Balaban J connectivity index is 2.11. The predicted molar refractivity (Wildman–Crippen MR) is 58.6 cm³/mol. The first kappa shape index (κ1) is 11.7. The molecule has 0 saturated carbocycles. The van der Waals surface area contributed by atoms with E-state index < -0.39 is 11.9 Å². The van der Waals surface area contributed by atoms with E-state index in [1.54, 1.807) is 4.68 Å². The molecule has 0 fully saturated rings. The van der Waals surface area contributed by atoms with E-state index in [0.29, 0.717) is 24.5 Å². The molecular formula is C11H13FN4O. The van der Waals surface area contributed by atoms with Gasteiger partial charge in [0.05, 0.1) is 11.9 Å². The van der Waals surface area contributed by atoms with E-state index in [1.807, 2.05) is 6.92 Å². The van der Waals surface area contributed by atoms with Crippen LogP contribution in [-0.4, -0.2) is 24.9 Å². The molecule has 0 aliphatic carbocycles. The number of aromatic nitrogens is 4. The Kier molecular flexibility index (Phi) is 3.43. The molecule has 0 aromatic carbocycles.